The van der Waals surface area contributed by atoms with E-state index in [0.717, 1.165) is 12.8 Å². The van der Waals surface area contributed by atoms with E-state index in [9.17, 15) is 10.0 Å². The minimum Gasteiger partial charge on any atom is -0.388 e. The minimum atomic E-state index is -0.612. The second kappa shape index (κ2) is 10.6. The van der Waals surface area contributed by atoms with Gasteiger partial charge in [0.15, 0.2) is 0 Å². The van der Waals surface area contributed by atoms with Gasteiger partial charge in [-0.05, 0) is 6.42 Å². The molecule has 0 saturated carbocycles. The number of nitrogens with zero attached hydrogens (tertiary/aromatic N) is 1. The number of hydrogen-bond donors (Lipinski definition) is 1. The lowest BCUT2D eigenvalue weighted by Crippen LogP contribution is -2.22. The molecule has 1 N–H and O–H groups in total. The first-order chi connectivity index (χ1) is 6.81. The number of nitroso groups, excluding NO2 is 1. The van der Waals surface area contributed by atoms with Gasteiger partial charge in [0.05, 0.1) is 19.8 Å². The summed E-state index contributed by atoms with van der Waals surface area (Å²) in [7, 11) is 0. The van der Waals surface area contributed by atoms with Crippen molar-refractivity contribution in [2.24, 2.45) is 5.18 Å². The Morgan fingerprint density at radius 1 is 1.29 bits per heavy atom. The van der Waals surface area contributed by atoms with Crippen LogP contribution in [0.1, 0.15) is 19.8 Å². The summed E-state index contributed by atoms with van der Waals surface area (Å²) in [6.07, 6.45) is 1.47. The van der Waals surface area contributed by atoms with Gasteiger partial charge in [-0.25, -0.2) is 0 Å². The Morgan fingerprint density at radius 3 is 2.50 bits per heavy atom. The average molecular weight is 205 g/mol. The molecule has 14 heavy (non-hydrogen) atoms. The lowest BCUT2D eigenvalue weighted by molar-refractivity contribution is -0.0175. The molecule has 0 saturated heterocycles. The van der Waals surface area contributed by atoms with Crippen LogP contribution in [-0.4, -0.2) is 44.2 Å². The van der Waals surface area contributed by atoms with Gasteiger partial charge in [-0.1, -0.05) is 18.5 Å². The zero-order chi connectivity index (χ0) is 10.6. The fourth-order valence-corrected chi connectivity index (χ4v) is 0.835. The Morgan fingerprint density at radius 2 is 1.93 bits per heavy atom. The summed E-state index contributed by atoms with van der Waals surface area (Å²) in [5.41, 5.74) is 0. The van der Waals surface area contributed by atoms with Gasteiger partial charge in [0.25, 0.3) is 0 Å². The molecule has 84 valence electrons. The van der Waals surface area contributed by atoms with Crippen LogP contribution in [0.15, 0.2) is 5.18 Å². The third-order valence-electron chi connectivity index (χ3n) is 1.59. The summed E-state index contributed by atoms with van der Waals surface area (Å²) < 4.78 is 10.1. The molecule has 0 amide bonds. The molecule has 0 bridgehead atoms. The maximum absolute atomic E-state index is 9.68. The first-order valence-corrected chi connectivity index (χ1v) is 4.94. The van der Waals surface area contributed by atoms with E-state index >= 15 is 0 Å². The van der Waals surface area contributed by atoms with Gasteiger partial charge in [0, 0.05) is 6.61 Å². The predicted octanol–water partition coefficient (Wildman–Crippen LogP) is 0.947. The van der Waals surface area contributed by atoms with Crippen molar-refractivity contribution in [1.82, 2.24) is 0 Å². The molecule has 0 rings (SSSR count). The molecule has 0 aliphatic heterocycles. The van der Waals surface area contributed by atoms with Gasteiger partial charge in [-0.2, -0.15) is 4.91 Å². The summed E-state index contributed by atoms with van der Waals surface area (Å²) >= 11 is 0. The van der Waals surface area contributed by atoms with Crippen LogP contribution in [0.25, 0.3) is 0 Å². The number of ether oxygens (including phenoxy) is 2. The molecule has 5 heteroatoms. The Labute approximate surface area is 84.4 Å². The van der Waals surface area contributed by atoms with E-state index in [1.807, 2.05) is 0 Å². The molecule has 0 aromatic heterocycles. The van der Waals surface area contributed by atoms with Crippen molar-refractivity contribution in [1.29, 1.82) is 0 Å². The second-order valence-electron chi connectivity index (χ2n) is 3.01. The number of aliphatic hydroxyl groups is 1. The highest BCUT2D eigenvalue weighted by Gasteiger charge is 2.03. The SMILES string of the molecule is CCCCOCC(O)COCCN=O. The second-order valence-corrected chi connectivity index (χ2v) is 3.01. The maximum atomic E-state index is 9.68. The lowest BCUT2D eigenvalue weighted by Gasteiger charge is -2.10. The highest BCUT2D eigenvalue weighted by atomic mass is 16.5. The molecule has 0 aromatic carbocycles. The monoisotopic (exact) mass is 205 g/mol. The van der Waals surface area contributed by atoms with Crippen LogP contribution in [0.2, 0.25) is 0 Å². The van der Waals surface area contributed by atoms with E-state index in [2.05, 4.69) is 12.1 Å². The first-order valence-electron chi connectivity index (χ1n) is 4.94. The molecule has 0 spiro atoms. The van der Waals surface area contributed by atoms with E-state index in [4.69, 9.17) is 9.47 Å². The Bertz CT molecular complexity index is 132. The third-order valence-corrected chi connectivity index (χ3v) is 1.59. The highest BCUT2D eigenvalue weighted by molar-refractivity contribution is 4.51. The van der Waals surface area contributed by atoms with Crippen molar-refractivity contribution < 1.29 is 14.6 Å². The van der Waals surface area contributed by atoms with Crippen LogP contribution in [-0.2, 0) is 9.47 Å². The standard InChI is InChI=1S/C9H19NO4/c1-2-3-5-13-7-9(11)8-14-6-4-10-12/h9,11H,2-8H2,1H3. The Balaban J connectivity index is 3.10. The largest absolute Gasteiger partial charge is 0.388 e. The zero-order valence-corrected chi connectivity index (χ0v) is 8.65. The van der Waals surface area contributed by atoms with Gasteiger partial charge in [-0.3, -0.25) is 0 Å². The summed E-state index contributed by atoms with van der Waals surface area (Å²) in [6, 6.07) is 0. The lowest BCUT2D eigenvalue weighted by atomic mass is 10.3. The molecular weight excluding hydrogens is 186 g/mol. The van der Waals surface area contributed by atoms with Crippen LogP contribution < -0.4 is 0 Å². The number of hydrogen-bond acceptors (Lipinski definition) is 5. The Hall–Kier alpha value is -0.520. The van der Waals surface area contributed by atoms with Crippen LogP contribution in [0.5, 0.6) is 0 Å². The van der Waals surface area contributed by atoms with E-state index in [0.29, 0.717) is 6.61 Å². The molecule has 0 aromatic rings. The van der Waals surface area contributed by atoms with Gasteiger partial charge in [0.2, 0.25) is 0 Å². The van der Waals surface area contributed by atoms with Crippen LogP contribution in [0.4, 0.5) is 0 Å². The topological polar surface area (TPSA) is 68.1 Å². The van der Waals surface area contributed by atoms with Crippen molar-refractivity contribution in [3.05, 3.63) is 4.91 Å². The van der Waals surface area contributed by atoms with Crippen molar-refractivity contribution in [2.75, 3.05) is 33.0 Å². The summed E-state index contributed by atoms with van der Waals surface area (Å²) in [4.78, 5) is 9.68. The number of rotatable bonds is 10. The molecule has 0 aliphatic rings. The molecule has 0 heterocycles. The zero-order valence-electron chi connectivity index (χ0n) is 8.65. The van der Waals surface area contributed by atoms with Crippen LogP contribution in [0.3, 0.4) is 0 Å². The number of aliphatic hydroxyl groups excluding tert-OH is 1. The Kier molecular flexibility index (Phi) is 10.2. The molecule has 5 nitrogen and oxygen atoms in total. The van der Waals surface area contributed by atoms with E-state index in [-0.39, 0.29) is 26.4 Å². The van der Waals surface area contributed by atoms with E-state index in [1.54, 1.807) is 0 Å². The number of unbranched alkanes of at least 4 members (excludes halogenated alkanes) is 1. The fraction of sp³-hybridized carbons (Fsp3) is 1.00. The van der Waals surface area contributed by atoms with Crippen molar-refractivity contribution >= 4 is 0 Å². The van der Waals surface area contributed by atoms with Gasteiger partial charge < -0.3 is 14.6 Å². The van der Waals surface area contributed by atoms with Crippen molar-refractivity contribution in [3.63, 3.8) is 0 Å². The molecule has 0 fully saturated rings. The molecule has 0 radical (unpaired) electrons. The third kappa shape index (κ3) is 9.57. The summed E-state index contributed by atoms with van der Waals surface area (Å²) in [6.45, 7) is 3.62. The highest BCUT2D eigenvalue weighted by Crippen LogP contribution is 1.92. The summed E-state index contributed by atoms with van der Waals surface area (Å²) in [5, 5.41) is 11.9. The van der Waals surface area contributed by atoms with Gasteiger partial charge >= 0.3 is 0 Å². The smallest absolute Gasteiger partial charge is 0.104 e. The van der Waals surface area contributed by atoms with Gasteiger partial charge in [0.1, 0.15) is 12.6 Å². The van der Waals surface area contributed by atoms with Gasteiger partial charge in [-0.15, -0.1) is 0 Å². The van der Waals surface area contributed by atoms with E-state index < -0.39 is 6.10 Å². The fourth-order valence-electron chi connectivity index (χ4n) is 0.835. The normalized spacial score (nSPS) is 12.7. The van der Waals surface area contributed by atoms with Crippen molar-refractivity contribution in [3.8, 4) is 0 Å². The van der Waals surface area contributed by atoms with E-state index in [1.165, 1.54) is 0 Å². The minimum absolute atomic E-state index is 0.128. The predicted molar refractivity (Wildman–Crippen MR) is 53.2 cm³/mol. The van der Waals surface area contributed by atoms with Crippen LogP contribution in [0, 0.1) is 4.91 Å². The summed E-state index contributed by atoms with van der Waals surface area (Å²) in [5.74, 6) is 0. The molecular formula is C9H19NO4. The first kappa shape index (κ1) is 13.5. The molecule has 1 atom stereocenters. The molecule has 1 unspecified atom stereocenters. The average Bonchev–Trinajstić information content (AvgIpc) is 2.19. The quantitative estimate of drug-likeness (QED) is 0.426. The molecule has 0 aliphatic carbocycles. The van der Waals surface area contributed by atoms with Crippen LogP contribution >= 0.6 is 0 Å². The maximum Gasteiger partial charge on any atom is 0.104 e. The van der Waals surface area contributed by atoms with Crippen molar-refractivity contribution in [2.45, 2.75) is 25.9 Å².